The molecular weight excluding hydrogens is 568 g/mol. The zero-order valence-corrected chi connectivity index (χ0v) is 24.7. The third-order valence-corrected chi connectivity index (χ3v) is 7.85. The Hall–Kier alpha value is -5.21. The average molecular weight is 603 g/mol. The second kappa shape index (κ2) is 14.1. The number of carbonyl (C=O) groups is 2. The van der Waals surface area contributed by atoms with Crippen molar-refractivity contribution in [3.8, 4) is 17.4 Å². The van der Waals surface area contributed by atoms with Crippen molar-refractivity contribution < 1.29 is 28.9 Å². The minimum atomic E-state index is -1.10. The summed E-state index contributed by atoms with van der Waals surface area (Å²) in [6.45, 7) is 0.654. The molecule has 1 heterocycles. The Bertz CT molecular complexity index is 1770. The lowest BCUT2D eigenvalue weighted by atomic mass is 9.95. The molecule has 6 rings (SSSR count). The smallest absolute Gasteiger partial charge is 0.337 e. The Kier molecular flexibility index (Phi) is 9.32. The van der Waals surface area contributed by atoms with Gasteiger partial charge in [-0.15, -0.1) is 0 Å². The number of amides is 1. The number of rotatable bonds is 11. The third-order valence-electron chi connectivity index (χ3n) is 7.85. The number of aromatic nitrogens is 1. The van der Waals surface area contributed by atoms with Crippen molar-refractivity contribution in [3.63, 3.8) is 0 Å². The van der Waals surface area contributed by atoms with Crippen LogP contribution in [0.2, 0.25) is 0 Å². The van der Waals surface area contributed by atoms with Gasteiger partial charge in [-0.3, -0.25) is 4.79 Å². The largest absolute Gasteiger partial charge is 0.490 e. The second-order valence-corrected chi connectivity index (χ2v) is 11.2. The summed E-state index contributed by atoms with van der Waals surface area (Å²) in [5.41, 5.74) is 2.17. The molecule has 0 saturated heterocycles. The van der Waals surface area contributed by atoms with Crippen LogP contribution in [0.25, 0.3) is 10.8 Å². The van der Waals surface area contributed by atoms with E-state index in [0.717, 1.165) is 42.2 Å². The third kappa shape index (κ3) is 8.04. The molecule has 0 atom stereocenters. The average Bonchev–Trinajstić information content (AvgIpc) is 3.06. The van der Waals surface area contributed by atoms with Crippen molar-refractivity contribution in [1.29, 1.82) is 0 Å². The fourth-order valence-corrected chi connectivity index (χ4v) is 5.49. The van der Waals surface area contributed by atoms with E-state index in [1.54, 1.807) is 36.5 Å². The van der Waals surface area contributed by atoms with E-state index in [2.05, 4.69) is 28.5 Å². The van der Waals surface area contributed by atoms with E-state index in [1.807, 2.05) is 48.5 Å². The van der Waals surface area contributed by atoms with Crippen LogP contribution in [0.4, 0.5) is 5.69 Å². The van der Waals surface area contributed by atoms with Crippen LogP contribution in [-0.4, -0.2) is 34.2 Å². The lowest BCUT2D eigenvalue weighted by Crippen LogP contribution is -2.28. The summed E-state index contributed by atoms with van der Waals surface area (Å²) in [6, 6.07) is 32.0. The van der Waals surface area contributed by atoms with E-state index >= 15 is 0 Å². The molecule has 1 aliphatic rings. The molecule has 1 aliphatic carbocycles. The standard InChI is InChI=1S/C37H34N2O6/c40-35(39-34-9-5-4-8-33(34)37(41)42)20-26-10-19-36(38-23-26)45-32-14-12-27-21-31(13-11-28(27)22-32)44-30-17-15-29(16-18-30)43-24-25-6-2-1-3-7-25/h1-14,19,21-23,29-30H,15-18,20,24H2,(H,39,40)(H,41,42). The maximum Gasteiger partial charge on any atom is 0.337 e. The second-order valence-electron chi connectivity index (χ2n) is 11.2. The molecule has 0 bridgehead atoms. The number of nitrogens with one attached hydrogen (secondary N) is 1. The van der Waals surface area contributed by atoms with E-state index in [9.17, 15) is 14.7 Å². The summed E-state index contributed by atoms with van der Waals surface area (Å²) in [4.78, 5) is 28.2. The van der Waals surface area contributed by atoms with Crippen LogP contribution in [0, 0.1) is 0 Å². The molecule has 1 fully saturated rings. The van der Waals surface area contributed by atoms with E-state index in [0.29, 0.717) is 23.8 Å². The summed E-state index contributed by atoms with van der Waals surface area (Å²) >= 11 is 0. The van der Waals surface area contributed by atoms with Gasteiger partial charge in [0.25, 0.3) is 0 Å². The Morgan fingerprint density at radius 2 is 1.44 bits per heavy atom. The molecule has 0 radical (unpaired) electrons. The summed E-state index contributed by atoms with van der Waals surface area (Å²) in [5.74, 6) is 0.469. The van der Waals surface area contributed by atoms with Crippen LogP contribution < -0.4 is 14.8 Å². The van der Waals surface area contributed by atoms with Gasteiger partial charge in [0.2, 0.25) is 11.8 Å². The summed E-state index contributed by atoms with van der Waals surface area (Å²) in [6.07, 6.45) is 6.02. The zero-order chi connectivity index (χ0) is 31.0. The molecule has 1 amide bonds. The number of hydrogen-bond donors (Lipinski definition) is 2. The number of carboxylic acids is 1. The first-order chi connectivity index (χ1) is 22.0. The van der Waals surface area contributed by atoms with Gasteiger partial charge in [0, 0.05) is 12.3 Å². The van der Waals surface area contributed by atoms with E-state index in [1.165, 1.54) is 11.6 Å². The van der Waals surface area contributed by atoms with E-state index < -0.39 is 5.97 Å². The van der Waals surface area contributed by atoms with E-state index in [4.69, 9.17) is 14.2 Å². The highest BCUT2D eigenvalue weighted by molar-refractivity contribution is 6.01. The minimum Gasteiger partial charge on any atom is -0.490 e. The van der Waals surface area contributed by atoms with Crippen molar-refractivity contribution in [2.45, 2.75) is 50.9 Å². The first-order valence-corrected chi connectivity index (χ1v) is 15.1. The number of benzene rings is 4. The fraction of sp³-hybridized carbons (Fsp3) is 0.216. The Morgan fingerprint density at radius 1 is 0.756 bits per heavy atom. The molecule has 8 nitrogen and oxygen atoms in total. The van der Waals surface area contributed by atoms with Crippen LogP contribution in [0.3, 0.4) is 0 Å². The Labute approximate surface area is 261 Å². The van der Waals surface area contributed by atoms with Gasteiger partial charge >= 0.3 is 5.97 Å². The Morgan fingerprint density at radius 3 is 2.18 bits per heavy atom. The predicted octanol–water partition coefficient (Wildman–Crippen LogP) is 7.81. The number of anilines is 1. The molecule has 0 spiro atoms. The van der Waals surface area contributed by atoms with Gasteiger partial charge in [0.05, 0.1) is 36.5 Å². The maximum absolute atomic E-state index is 12.5. The van der Waals surface area contributed by atoms with Crippen molar-refractivity contribution >= 4 is 28.3 Å². The number of nitrogens with zero attached hydrogens (tertiary/aromatic N) is 1. The maximum atomic E-state index is 12.5. The first-order valence-electron chi connectivity index (χ1n) is 15.1. The fourth-order valence-electron chi connectivity index (χ4n) is 5.49. The number of fused-ring (bicyclic) bond motifs is 1. The van der Waals surface area contributed by atoms with Crippen LogP contribution in [0.5, 0.6) is 17.4 Å². The first kappa shape index (κ1) is 29.8. The summed E-state index contributed by atoms with van der Waals surface area (Å²) in [7, 11) is 0. The number of carbonyl (C=O) groups excluding carboxylic acids is 1. The van der Waals surface area contributed by atoms with E-state index in [-0.39, 0.29) is 35.8 Å². The van der Waals surface area contributed by atoms with Gasteiger partial charge < -0.3 is 24.6 Å². The molecule has 8 heteroatoms. The molecule has 0 aliphatic heterocycles. The van der Waals surface area contributed by atoms with Crippen LogP contribution in [0.15, 0.2) is 109 Å². The van der Waals surface area contributed by atoms with Crippen molar-refractivity contribution in [1.82, 2.24) is 4.98 Å². The molecule has 228 valence electrons. The topological polar surface area (TPSA) is 107 Å². The van der Waals surface area contributed by atoms with Gasteiger partial charge in [-0.25, -0.2) is 9.78 Å². The SMILES string of the molecule is O=C(Cc1ccc(Oc2ccc3cc(OC4CCC(OCc5ccccc5)CC4)ccc3c2)nc1)Nc1ccccc1C(=O)O. The normalized spacial score (nSPS) is 16.2. The summed E-state index contributed by atoms with van der Waals surface area (Å²) < 4.78 is 18.4. The Balaban J connectivity index is 0.989. The molecule has 0 unspecified atom stereocenters. The quantitative estimate of drug-likeness (QED) is 0.159. The number of aromatic carboxylic acids is 1. The molecule has 2 N–H and O–H groups in total. The van der Waals surface area contributed by atoms with Gasteiger partial charge in [-0.05, 0) is 84.0 Å². The number of pyridine rings is 1. The molecule has 5 aromatic rings. The molecule has 4 aromatic carbocycles. The number of hydrogen-bond acceptors (Lipinski definition) is 6. The highest BCUT2D eigenvalue weighted by atomic mass is 16.5. The number of ether oxygens (including phenoxy) is 3. The zero-order valence-electron chi connectivity index (χ0n) is 24.7. The molecular formula is C37H34N2O6. The lowest BCUT2D eigenvalue weighted by Gasteiger charge is -2.29. The molecule has 1 saturated carbocycles. The van der Waals surface area contributed by atoms with Crippen molar-refractivity contribution in [2.24, 2.45) is 0 Å². The highest BCUT2D eigenvalue weighted by Gasteiger charge is 2.23. The number of carboxylic acid groups (broad SMARTS) is 1. The van der Waals surface area contributed by atoms with Crippen LogP contribution in [0.1, 0.15) is 47.2 Å². The predicted molar refractivity (Wildman–Crippen MR) is 172 cm³/mol. The molecule has 45 heavy (non-hydrogen) atoms. The van der Waals surface area contributed by atoms with Crippen LogP contribution >= 0.6 is 0 Å². The van der Waals surface area contributed by atoms with Gasteiger partial charge in [-0.1, -0.05) is 60.7 Å². The monoisotopic (exact) mass is 602 g/mol. The van der Waals surface area contributed by atoms with Gasteiger partial charge in [-0.2, -0.15) is 0 Å². The highest BCUT2D eigenvalue weighted by Crippen LogP contribution is 2.30. The number of para-hydroxylation sites is 1. The summed E-state index contributed by atoms with van der Waals surface area (Å²) in [5, 5.41) is 14.0. The lowest BCUT2D eigenvalue weighted by molar-refractivity contribution is -0.115. The van der Waals surface area contributed by atoms with Crippen molar-refractivity contribution in [2.75, 3.05) is 5.32 Å². The minimum absolute atomic E-state index is 0.0371. The van der Waals surface area contributed by atoms with Crippen LogP contribution in [-0.2, 0) is 22.6 Å². The van der Waals surface area contributed by atoms with Crippen molar-refractivity contribution in [3.05, 3.63) is 126 Å². The van der Waals surface area contributed by atoms with Gasteiger partial charge in [0.15, 0.2) is 0 Å². The molecule has 1 aromatic heterocycles. The van der Waals surface area contributed by atoms with Gasteiger partial charge in [0.1, 0.15) is 11.5 Å².